The second kappa shape index (κ2) is 6.22. The van der Waals surface area contributed by atoms with Gasteiger partial charge < -0.3 is 14.8 Å². The van der Waals surface area contributed by atoms with Crippen LogP contribution in [0.5, 0.6) is 0 Å². The molecule has 1 aliphatic heterocycles. The SMILES string of the molecule is O=C(NC1CCC2OCCOC2C1)c1cnc2ccccc2n1. The molecule has 6 nitrogen and oxygen atoms in total. The summed E-state index contributed by atoms with van der Waals surface area (Å²) in [6, 6.07) is 7.63. The van der Waals surface area contributed by atoms with Crippen molar-refractivity contribution in [2.24, 2.45) is 0 Å². The number of ether oxygens (including phenoxy) is 2. The summed E-state index contributed by atoms with van der Waals surface area (Å²) in [6.07, 6.45) is 4.40. The van der Waals surface area contributed by atoms with Gasteiger partial charge in [0.2, 0.25) is 0 Å². The van der Waals surface area contributed by atoms with E-state index in [2.05, 4.69) is 15.3 Å². The summed E-state index contributed by atoms with van der Waals surface area (Å²) in [6.45, 7) is 1.31. The van der Waals surface area contributed by atoms with E-state index in [1.165, 1.54) is 6.20 Å². The van der Waals surface area contributed by atoms with E-state index < -0.39 is 0 Å². The van der Waals surface area contributed by atoms with Gasteiger partial charge in [0, 0.05) is 6.04 Å². The molecule has 4 rings (SSSR count). The van der Waals surface area contributed by atoms with Gasteiger partial charge in [-0.3, -0.25) is 9.78 Å². The number of hydrogen-bond donors (Lipinski definition) is 1. The lowest BCUT2D eigenvalue weighted by Gasteiger charge is -2.39. The number of rotatable bonds is 2. The first-order chi connectivity index (χ1) is 11.3. The van der Waals surface area contributed by atoms with E-state index in [1.54, 1.807) is 0 Å². The van der Waals surface area contributed by atoms with Crippen LogP contribution in [0.4, 0.5) is 0 Å². The summed E-state index contributed by atoms with van der Waals surface area (Å²) >= 11 is 0. The third kappa shape index (κ3) is 3.04. The number of hydrogen-bond acceptors (Lipinski definition) is 5. The summed E-state index contributed by atoms with van der Waals surface area (Å²) in [4.78, 5) is 21.1. The molecule has 23 heavy (non-hydrogen) atoms. The van der Waals surface area contributed by atoms with Gasteiger partial charge in [-0.2, -0.15) is 0 Å². The van der Waals surface area contributed by atoms with E-state index in [9.17, 15) is 4.79 Å². The molecule has 2 aromatic rings. The normalized spacial score (nSPS) is 27.4. The quantitative estimate of drug-likeness (QED) is 0.913. The molecule has 0 bridgehead atoms. The Morgan fingerprint density at radius 1 is 1.09 bits per heavy atom. The molecule has 6 heteroatoms. The molecule has 2 fully saturated rings. The molecule has 0 spiro atoms. The molecule has 1 aromatic carbocycles. The molecule has 0 radical (unpaired) electrons. The van der Waals surface area contributed by atoms with Gasteiger partial charge in [-0.15, -0.1) is 0 Å². The maximum atomic E-state index is 12.4. The summed E-state index contributed by atoms with van der Waals surface area (Å²) in [5.74, 6) is -0.177. The molecule has 120 valence electrons. The Labute approximate surface area is 134 Å². The Morgan fingerprint density at radius 2 is 1.87 bits per heavy atom. The van der Waals surface area contributed by atoms with Crippen LogP contribution in [-0.4, -0.2) is 47.3 Å². The molecule has 3 unspecified atom stereocenters. The molecule has 1 saturated heterocycles. The Bertz CT molecular complexity index is 721. The Balaban J connectivity index is 1.44. The highest BCUT2D eigenvalue weighted by Crippen LogP contribution is 2.26. The van der Waals surface area contributed by atoms with Crippen molar-refractivity contribution in [1.82, 2.24) is 15.3 Å². The van der Waals surface area contributed by atoms with Crippen molar-refractivity contribution in [3.05, 3.63) is 36.2 Å². The van der Waals surface area contributed by atoms with Crippen LogP contribution in [0.25, 0.3) is 11.0 Å². The highest BCUT2D eigenvalue weighted by molar-refractivity contribution is 5.93. The van der Waals surface area contributed by atoms with Crippen LogP contribution in [-0.2, 0) is 9.47 Å². The van der Waals surface area contributed by atoms with E-state index in [4.69, 9.17) is 9.47 Å². The molecule has 2 heterocycles. The van der Waals surface area contributed by atoms with Gasteiger partial charge in [-0.25, -0.2) is 4.98 Å². The second-order valence-electron chi connectivity index (χ2n) is 6.05. The zero-order chi connectivity index (χ0) is 15.6. The Hall–Kier alpha value is -2.05. The van der Waals surface area contributed by atoms with Crippen molar-refractivity contribution in [2.45, 2.75) is 37.5 Å². The smallest absolute Gasteiger partial charge is 0.271 e. The number of carbonyl (C=O) groups is 1. The molecule has 1 N–H and O–H groups in total. The van der Waals surface area contributed by atoms with Gasteiger partial charge >= 0.3 is 0 Å². The van der Waals surface area contributed by atoms with Gasteiger partial charge in [0.1, 0.15) is 5.69 Å². The van der Waals surface area contributed by atoms with Gasteiger partial charge in [0.25, 0.3) is 5.91 Å². The average molecular weight is 313 g/mol. The molecule has 3 atom stereocenters. The minimum atomic E-state index is -0.177. The van der Waals surface area contributed by atoms with Crippen LogP contribution < -0.4 is 5.32 Å². The van der Waals surface area contributed by atoms with Crippen molar-refractivity contribution < 1.29 is 14.3 Å². The maximum absolute atomic E-state index is 12.4. The summed E-state index contributed by atoms with van der Waals surface area (Å²) in [7, 11) is 0. The van der Waals surface area contributed by atoms with Crippen molar-refractivity contribution >= 4 is 16.9 Å². The van der Waals surface area contributed by atoms with E-state index >= 15 is 0 Å². The Morgan fingerprint density at radius 3 is 2.74 bits per heavy atom. The third-order valence-corrected chi connectivity index (χ3v) is 4.49. The summed E-state index contributed by atoms with van der Waals surface area (Å²) in [5.41, 5.74) is 1.87. The fourth-order valence-corrected chi connectivity index (χ4v) is 3.32. The first kappa shape index (κ1) is 14.5. The second-order valence-corrected chi connectivity index (χ2v) is 6.05. The predicted octanol–water partition coefficient (Wildman–Crippen LogP) is 1.70. The first-order valence-corrected chi connectivity index (χ1v) is 8.05. The highest BCUT2D eigenvalue weighted by Gasteiger charge is 2.34. The average Bonchev–Trinajstić information content (AvgIpc) is 2.61. The van der Waals surface area contributed by atoms with Crippen LogP contribution in [0.1, 0.15) is 29.8 Å². The number of para-hydroxylation sites is 2. The van der Waals surface area contributed by atoms with Crippen LogP contribution in [0.15, 0.2) is 30.5 Å². The van der Waals surface area contributed by atoms with Gasteiger partial charge in [-0.1, -0.05) is 12.1 Å². The van der Waals surface area contributed by atoms with Crippen molar-refractivity contribution in [3.63, 3.8) is 0 Å². The Kier molecular flexibility index (Phi) is 3.93. The van der Waals surface area contributed by atoms with Crippen LogP contribution >= 0.6 is 0 Å². The van der Waals surface area contributed by atoms with E-state index in [1.807, 2.05) is 24.3 Å². The third-order valence-electron chi connectivity index (χ3n) is 4.49. The van der Waals surface area contributed by atoms with E-state index in [0.29, 0.717) is 18.9 Å². The number of amides is 1. The van der Waals surface area contributed by atoms with E-state index in [-0.39, 0.29) is 24.2 Å². The molecule has 1 saturated carbocycles. The number of aromatic nitrogens is 2. The number of carbonyl (C=O) groups excluding carboxylic acids is 1. The number of nitrogens with zero attached hydrogens (tertiary/aromatic N) is 2. The molecular weight excluding hydrogens is 294 g/mol. The number of nitrogens with one attached hydrogen (secondary N) is 1. The maximum Gasteiger partial charge on any atom is 0.271 e. The van der Waals surface area contributed by atoms with Crippen LogP contribution in [0.3, 0.4) is 0 Å². The van der Waals surface area contributed by atoms with Crippen molar-refractivity contribution in [1.29, 1.82) is 0 Å². The molecule has 2 aliphatic rings. The largest absolute Gasteiger partial charge is 0.373 e. The van der Waals surface area contributed by atoms with Crippen LogP contribution in [0, 0.1) is 0 Å². The van der Waals surface area contributed by atoms with Crippen LogP contribution in [0.2, 0.25) is 0 Å². The standard InChI is InChI=1S/C17H19N3O3/c21-17(14-10-18-12-3-1-2-4-13(12)20-14)19-11-5-6-15-16(9-11)23-8-7-22-15/h1-4,10-11,15-16H,5-9H2,(H,19,21). The molecule has 1 amide bonds. The summed E-state index contributed by atoms with van der Waals surface area (Å²) < 4.78 is 11.5. The number of benzene rings is 1. The first-order valence-electron chi connectivity index (χ1n) is 8.05. The fraction of sp³-hybridized carbons (Fsp3) is 0.471. The van der Waals surface area contributed by atoms with Crippen molar-refractivity contribution in [2.75, 3.05) is 13.2 Å². The number of fused-ring (bicyclic) bond motifs is 2. The predicted molar refractivity (Wildman–Crippen MR) is 84.1 cm³/mol. The molecule has 1 aliphatic carbocycles. The highest BCUT2D eigenvalue weighted by atomic mass is 16.6. The zero-order valence-corrected chi connectivity index (χ0v) is 12.8. The zero-order valence-electron chi connectivity index (χ0n) is 12.8. The molecular formula is C17H19N3O3. The topological polar surface area (TPSA) is 73.3 Å². The summed E-state index contributed by atoms with van der Waals surface area (Å²) in [5, 5.41) is 3.06. The lowest BCUT2D eigenvalue weighted by Crippen LogP contribution is -2.49. The lowest BCUT2D eigenvalue weighted by atomic mass is 9.89. The minimum absolute atomic E-state index is 0.0884. The van der Waals surface area contributed by atoms with Crippen molar-refractivity contribution in [3.8, 4) is 0 Å². The van der Waals surface area contributed by atoms with E-state index in [0.717, 1.165) is 30.3 Å². The fourth-order valence-electron chi connectivity index (χ4n) is 3.32. The van der Waals surface area contributed by atoms with Gasteiger partial charge in [0.15, 0.2) is 0 Å². The molecule has 1 aromatic heterocycles. The van der Waals surface area contributed by atoms with Gasteiger partial charge in [0.05, 0.1) is 42.7 Å². The minimum Gasteiger partial charge on any atom is -0.373 e. The monoisotopic (exact) mass is 313 g/mol. The lowest BCUT2D eigenvalue weighted by molar-refractivity contribution is -0.157. The van der Waals surface area contributed by atoms with Gasteiger partial charge in [-0.05, 0) is 31.4 Å².